The zero-order chi connectivity index (χ0) is 16.7. The normalized spacial score (nSPS) is 19.2. The summed E-state index contributed by atoms with van der Waals surface area (Å²) in [5.74, 6) is 0.735. The van der Waals surface area contributed by atoms with Gasteiger partial charge in [0.25, 0.3) is 0 Å². The largest absolute Gasteiger partial charge is 0.378 e. The van der Waals surface area contributed by atoms with Gasteiger partial charge in [0.05, 0.1) is 19.3 Å². The van der Waals surface area contributed by atoms with E-state index < -0.39 is 0 Å². The van der Waals surface area contributed by atoms with Gasteiger partial charge in [0.15, 0.2) is 0 Å². The van der Waals surface area contributed by atoms with Gasteiger partial charge in [-0.25, -0.2) is 9.37 Å². The molecule has 126 valence electrons. The number of fused-ring (bicyclic) bond motifs is 1. The predicted octanol–water partition coefficient (Wildman–Crippen LogP) is 3.22. The van der Waals surface area contributed by atoms with Crippen LogP contribution < -0.4 is 0 Å². The molecule has 24 heavy (non-hydrogen) atoms. The number of benzene rings is 1. The molecule has 0 bridgehead atoms. The molecule has 3 heterocycles. The Morgan fingerprint density at radius 3 is 3.00 bits per heavy atom. The third kappa shape index (κ3) is 2.72. The van der Waals surface area contributed by atoms with Gasteiger partial charge in [-0.1, -0.05) is 0 Å². The first-order valence-electron chi connectivity index (χ1n) is 8.22. The Labute approximate surface area is 139 Å². The number of morpholine rings is 1. The van der Waals surface area contributed by atoms with E-state index in [2.05, 4.69) is 19.9 Å². The summed E-state index contributed by atoms with van der Waals surface area (Å²) in [7, 11) is 0. The highest BCUT2D eigenvalue weighted by molar-refractivity contribution is 5.84. The van der Waals surface area contributed by atoms with E-state index in [0.717, 1.165) is 46.8 Å². The van der Waals surface area contributed by atoms with Crippen LogP contribution in [-0.4, -0.2) is 39.6 Å². The molecule has 1 aliphatic heterocycles. The molecule has 0 saturated carbocycles. The first kappa shape index (κ1) is 15.4. The lowest BCUT2D eigenvalue weighted by Crippen LogP contribution is -2.39. The molecular formula is C18H21FN4O. The molecule has 0 unspecified atom stereocenters. The van der Waals surface area contributed by atoms with Crippen LogP contribution in [-0.2, 0) is 11.3 Å². The number of H-pyrrole nitrogens is 2. The first-order chi connectivity index (χ1) is 11.6. The predicted molar refractivity (Wildman–Crippen MR) is 90.3 cm³/mol. The van der Waals surface area contributed by atoms with Gasteiger partial charge in [0, 0.05) is 41.6 Å². The minimum atomic E-state index is -0.202. The van der Waals surface area contributed by atoms with Gasteiger partial charge in [-0.05, 0) is 37.6 Å². The van der Waals surface area contributed by atoms with Crippen molar-refractivity contribution in [3.63, 3.8) is 0 Å². The maximum atomic E-state index is 13.5. The number of hydrogen-bond donors (Lipinski definition) is 2. The van der Waals surface area contributed by atoms with Crippen LogP contribution in [0.15, 0.2) is 24.4 Å². The lowest BCUT2D eigenvalue weighted by Gasteiger charge is -2.34. The second-order valence-corrected chi connectivity index (χ2v) is 6.43. The van der Waals surface area contributed by atoms with E-state index in [1.54, 1.807) is 12.1 Å². The highest BCUT2D eigenvalue weighted by Crippen LogP contribution is 2.28. The Morgan fingerprint density at radius 1 is 1.33 bits per heavy atom. The van der Waals surface area contributed by atoms with Gasteiger partial charge >= 0.3 is 0 Å². The molecule has 0 aliphatic carbocycles. The number of halogens is 1. The molecule has 1 atom stereocenters. The van der Waals surface area contributed by atoms with Gasteiger partial charge in [0.1, 0.15) is 11.6 Å². The summed E-state index contributed by atoms with van der Waals surface area (Å²) in [5, 5.41) is 0.948. The number of nitrogens with zero attached hydrogens (tertiary/aromatic N) is 2. The first-order valence-corrected chi connectivity index (χ1v) is 8.22. The fourth-order valence-corrected chi connectivity index (χ4v) is 3.40. The Bertz CT molecular complexity index is 869. The second kappa shape index (κ2) is 6.03. The molecule has 2 N–H and O–H groups in total. The second-order valence-electron chi connectivity index (χ2n) is 6.43. The number of ether oxygens (including phenoxy) is 1. The lowest BCUT2D eigenvalue weighted by molar-refractivity contribution is -0.0161. The van der Waals surface area contributed by atoms with Crippen molar-refractivity contribution in [2.75, 3.05) is 19.8 Å². The van der Waals surface area contributed by atoms with E-state index in [4.69, 9.17) is 4.74 Å². The monoisotopic (exact) mass is 328 g/mol. The smallest absolute Gasteiger partial charge is 0.126 e. The number of aromatic amines is 2. The summed E-state index contributed by atoms with van der Waals surface area (Å²) in [4.78, 5) is 13.6. The topological polar surface area (TPSA) is 56.9 Å². The lowest BCUT2D eigenvalue weighted by atomic mass is 10.1. The average Bonchev–Trinajstić information content (AvgIpc) is 3.13. The minimum Gasteiger partial charge on any atom is -0.378 e. The molecule has 2 aromatic heterocycles. The van der Waals surface area contributed by atoms with E-state index in [-0.39, 0.29) is 11.9 Å². The zero-order valence-corrected chi connectivity index (χ0v) is 13.9. The molecule has 0 spiro atoms. The number of aryl methyl sites for hydroxylation is 2. The van der Waals surface area contributed by atoms with E-state index in [9.17, 15) is 4.39 Å². The van der Waals surface area contributed by atoms with Crippen molar-refractivity contribution in [1.29, 1.82) is 0 Å². The van der Waals surface area contributed by atoms with Crippen molar-refractivity contribution in [1.82, 2.24) is 19.9 Å². The summed E-state index contributed by atoms with van der Waals surface area (Å²) < 4.78 is 19.2. The molecule has 3 aromatic rings. The van der Waals surface area contributed by atoms with Crippen LogP contribution in [0.5, 0.6) is 0 Å². The molecule has 1 fully saturated rings. The molecule has 0 radical (unpaired) electrons. The fourth-order valence-electron chi connectivity index (χ4n) is 3.40. The van der Waals surface area contributed by atoms with Gasteiger partial charge in [-0.3, -0.25) is 4.90 Å². The van der Waals surface area contributed by atoms with Gasteiger partial charge in [-0.2, -0.15) is 0 Å². The van der Waals surface area contributed by atoms with Crippen molar-refractivity contribution in [3.05, 3.63) is 53.0 Å². The van der Waals surface area contributed by atoms with Gasteiger partial charge < -0.3 is 14.7 Å². The summed E-state index contributed by atoms with van der Waals surface area (Å²) >= 11 is 0. The number of aromatic nitrogens is 3. The number of rotatable bonds is 3. The van der Waals surface area contributed by atoms with Crippen LogP contribution in [0.1, 0.15) is 28.8 Å². The van der Waals surface area contributed by atoms with Crippen molar-refractivity contribution >= 4 is 10.9 Å². The van der Waals surface area contributed by atoms with Crippen LogP contribution in [0.3, 0.4) is 0 Å². The highest BCUT2D eigenvalue weighted by atomic mass is 19.1. The van der Waals surface area contributed by atoms with Gasteiger partial charge in [0.2, 0.25) is 0 Å². The number of nitrogens with one attached hydrogen (secondary N) is 2. The van der Waals surface area contributed by atoms with Crippen LogP contribution >= 0.6 is 0 Å². The molecule has 1 saturated heterocycles. The SMILES string of the molecule is Cc1cnc([C@@H]2COCCN2Cc2[nH]c3ccc(F)cc3c2C)[nH]1. The van der Waals surface area contributed by atoms with E-state index >= 15 is 0 Å². The Kier molecular flexibility index (Phi) is 3.86. The third-order valence-corrected chi connectivity index (χ3v) is 4.76. The zero-order valence-electron chi connectivity index (χ0n) is 13.9. The summed E-state index contributed by atoms with van der Waals surface area (Å²) in [5.41, 5.74) is 4.24. The minimum absolute atomic E-state index is 0.106. The van der Waals surface area contributed by atoms with E-state index in [1.807, 2.05) is 20.0 Å². The highest BCUT2D eigenvalue weighted by Gasteiger charge is 2.27. The van der Waals surface area contributed by atoms with Crippen LogP contribution in [0.2, 0.25) is 0 Å². The summed E-state index contributed by atoms with van der Waals surface area (Å²) in [6.07, 6.45) is 1.85. The van der Waals surface area contributed by atoms with Crippen LogP contribution in [0, 0.1) is 19.7 Å². The average molecular weight is 328 g/mol. The van der Waals surface area contributed by atoms with Crippen LogP contribution in [0.25, 0.3) is 10.9 Å². The number of imidazole rings is 1. The maximum Gasteiger partial charge on any atom is 0.126 e. The Balaban J connectivity index is 1.64. The van der Waals surface area contributed by atoms with Crippen molar-refractivity contribution in [3.8, 4) is 0 Å². The molecule has 0 amide bonds. The molecule has 4 rings (SSSR count). The quantitative estimate of drug-likeness (QED) is 0.776. The maximum absolute atomic E-state index is 13.5. The Morgan fingerprint density at radius 2 is 2.21 bits per heavy atom. The molecule has 1 aliphatic rings. The van der Waals surface area contributed by atoms with Crippen LogP contribution in [0.4, 0.5) is 4.39 Å². The van der Waals surface area contributed by atoms with Crippen molar-refractivity contribution < 1.29 is 9.13 Å². The van der Waals surface area contributed by atoms with E-state index in [0.29, 0.717) is 13.2 Å². The third-order valence-electron chi connectivity index (χ3n) is 4.76. The summed E-state index contributed by atoms with van der Waals surface area (Å²) in [6.45, 7) is 6.98. The Hall–Kier alpha value is -2.18. The molecule has 1 aromatic carbocycles. The summed E-state index contributed by atoms with van der Waals surface area (Å²) in [6, 6.07) is 4.99. The van der Waals surface area contributed by atoms with E-state index in [1.165, 1.54) is 6.07 Å². The molecule has 6 heteroatoms. The van der Waals surface area contributed by atoms with Gasteiger partial charge in [-0.15, -0.1) is 0 Å². The number of hydrogen-bond acceptors (Lipinski definition) is 3. The molecule has 5 nitrogen and oxygen atoms in total. The fraction of sp³-hybridized carbons (Fsp3) is 0.389. The molecular weight excluding hydrogens is 307 g/mol. The standard InChI is InChI=1S/C18H21FN4O/c1-11-8-20-18(21-11)17-10-24-6-5-23(17)9-16-12(2)14-7-13(19)3-4-15(14)22-16/h3-4,7-8,17,22H,5-6,9-10H2,1-2H3,(H,20,21)/t17-/m0/s1. The van der Waals surface area contributed by atoms with Crippen molar-refractivity contribution in [2.45, 2.75) is 26.4 Å². The van der Waals surface area contributed by atoms with Crippen molar-refractivity contribution in [2.24, 2.45) is 0 Å².